The number of piperidine rings is 1. The highest BCUT2D eigenvalue weighted by molar-refractivity contribution is 6.36. The average molecular weight is 282 g/mol. The fourth-order valence-corrected chi connectivity index (χ4v) is 2.73. The standard InChI is InChI=1S/C14H20ClN3O/c1-17-8-4-5-10(9-17)18(2)14(19)11-6-3-7-12(16)13(11)15/h3,6-7,10H,4-5,8-9,16H2,1-2H3. The molecule has 104 valence electrons. The Kier molecular flexibility index (Phi) is 4.32. The predicted octanol–water partition coefficient (Wildman–Crippen LogP) is 2.09. The summed E-state index contributed by atoms with van der Waals surface area (Å²) in [5.74, 6) is -0.0578. The van der Waals surface area contributed by atoms with Gasteiger partial charge in [-0.1, -0.05) is 17.7 Å². The van der Waals surface area contributed by atoms with Crippen molar-refractivity contribution in [2.45, 2.75) is 18.9 Å². The summed E-state index contributed by atoms with van der Waals surface area (Å²) in [4.78, 5) is 16.5. The van der Waals surface area contributed by atoms with Crippen molar-refractivity contribution in [3.8, 4) is 0 Å². The minimum Gasteiger partial charge on any atom is -0.398 e. The van der Waals surface area contributed by atoms with Crippen molar-refractivity contribution in [3.05, 3.63) is 28.8 Å². The van der Waals surface area contributed by atoms with E-state index in [9.17, 15) is 4.79 Å². The third kappa shape index (κ3) is 3.01. The molecule has 1 fully saturated rings. The molecule has 1 aromatic rings. The van der Waals surface area contributed by atoms with E-state index in [1.54, 1.807) is 23.1 Å². The third-order valence-corrected chi connectivity index (χ3v) is 4.15. The number of halogens is 1. The number of anilines is 1. The Bertz CT molecular complexity index is 478. The van der Waals surface area contributed by atoms with Gasteiger partial charge in [-0.3, -0.25) is 4.79 Å². The Labute approximate surface area is 119 Å². The number of carbonyl (C=O) groups excluding carboxylic acids is 1. The van der Waals surface area contributed by atoms with Crippen LogP contribution in [-0.4, -0.2) is 48.9 Å². The van der Waals surface area contributed by atoms with Crippen LogP contribution < -0.4 is 5.73 Å². The molecule has 0 spiro atoms. The normalized spacial score (nSPS) is 20.3. The molecule has 19 heavy (non-hydrogen) atoms. The van der Waals surface area contributed by atoms with Crippen LogP contribution in [-0.2, 0) is 0 Å². The van der Waals surface area contributed by atoms with Crippen LogP contribution in [0, 0.1) is 0 Å². The van der Waals surface area contributed by atoms with E-state index >= 15 is 0 Å². The Morgan fingerprint density at radius 3 is 2.95 bits per heavy atom. The number of rotatable bonds is 2. The zero-order valence-corrected chi connectivity index (χ0v) is 12.2. The molecule has 4 nitrogen and oxygen atoms in total. The molecular formula is C14H20ClN3O. The summed E-state index contributed by atoms with van der Waals surface area (Å²) in [6.07, 6.45) is 2.15. The van der Waals surface area contributed by atoms with Gasteiger partial charge in [0.15, 0.2) is 0 Å². The number of carbonyl (C=O) groups is 1. The quantitative estimate of drug-likeness (QED) is 0.845. The summed E-state index contributed by atoms with van der Waals surface area (Å²) in [7, 11) is 3.92. The van der Waals surface area contributed by atoms with Gasteiger partial charge in [0, 0.05) is 19.6 Å². The van der Waals surface area contributed by atoms with Crippen molar-refractivity contribution < 1.29 is 4.79 Å². The van der Waals surface area contributed by atoms with Crippen LogP contribution in [0.4, 0.5) is 5.69 Å². The number of nitrogens with zero attached hydrogens (tertiary/aromatic N) is 2. The van der Waals surface area contributed by atoms with Crippen molar-refractivity contribution in [2.75, 3.05) is 32.9 Å². The van der Waals surface area contributed by atoms with E-state index in [-0.39, 0.29) is 11.9 Å². The van der Waals surface area contributed by atoms with Crippen LogP contribution in [0.5, 0.6) is 0 Å². The van der Waals surface area contributed by atoms with E-state index in [1.807, 2.05) is 7.05 Å². The molecular weight excluding hydrogens is 262 g/mol. The zero-order chi connectivity index (χ0) is 14.0. The Hall–Kier alpha value is -1.26. The molecule has 2 rings (SSSR count). The van der Waals surface area contributed by atoms with E-state index in [4.69, 9.17) is 17.3 Å². The highest BCUT2D eigenvalue weighted by Gasteiger charge is 2.26. The van der Waals surface area contributed by atoms with Gasteiger partial charge in [0.05, 0.1) is 16.3 Å². The van der Waals surface area contributed by atoms with Crippen molar-refractivity contribution in [2.24, 2.45) is 0 Å². The first-order valence-corrected chi connectivity index (χ1v) is 6.88. The first kappa shape index (κ1) is 14.2. The molecule has 1 aliphatic heterocycles. The van der Waals surface area contributed by atoms with Crippen molar-refractivity contribution in [1.29, 1.82) is 0 Å². The summed E-state index contributed by atoms with van der Waals surface area (Å²) in [6, 6.07) is 5.43. The highest BCUT2D eigenvalue weighted by atomic mass is 35.5. The molecule has 1 saturated heterocycles. The van der Waals surface area contributed by atoms with Gasteiger partial charge in [0.2, 0.25) is 0 Å². The van der Waals surface area contributed by atoms with Gasteiger partial charge in [-0.15, -0.1) is 0 Å². The molecule has 0 saturated carbocycles. The van der Waals surface area contributed by atoms with Gasteiger partial charge in [-0.25, -0.2) is 0 Å². The first-order valence-electron chi connectivity index (χ1n) is 6.50. The number of nitrogen functional groups attached to an aromatic ring is 1. The van der Waals surface area contributed by atoms with E-state index in [0.29, 0.717) is 16.3 Å². The van der Waals surface area contributed by atoms with Crippen molar-refractivity contribution in [3.63, 3.8) is 0 Å². The Morgan fingerprint density at radius 2 is 2.26 bits per heavy atom. The molecule has 5 heteroatoms. The lowest BCUT2D eigenvalue weighted by Gasteiger charge is -2.36. The Morgan fingerprint density at radius 1 is 1.53 bits per heavy atom. The molecule has 1 unspecified atom stereocenters. The van der Waals surface area contributed by atoms with Gasteiger partial charge < -0.3 is 15.5 Å². The lowest BCUT2D eigenvalue weighted by Crippen LogP contribution is -2.47. The van der Waals surface area contributed by atoms with E-state index in [2.05, 4.69) is 11.9 Å². The fourth-order valence-electron chi connectivity index (χ4n) is 2.53. The maximum Gasteiger partial charge on any atom is 0.255 e. The van der Waals surface area contributed by atoms with Gasteiger partial charge in [-0.05, 0) is 38.6 Å². The maximum absolute atomic E-state index is 12.5. The number of hydrogen-bond acceptors (Lipinski definition) is 3. The third-order valence-electron chi connectivity index (χ3n) is 3.73. The van der Waals surface area contributed by atoms with Crippen molar-refractivity contribution >= 4 is 23.2 Å². The second-order valence-electron chi connectivity index (χ2n) is 5.18. The van der Waals surface area contributed by atoms with Crippen LogP contribution in [0.3, 0.4) is 0 Å². The number of likely N-dealkylation sites (N-methyl/N-ethyl adjacent to an activating group) is 2. The van der Waals surface area contributed by atoms with Crippen LogP contribution >= 0.6 is 11.6 Å². The molecule has 1 heterocycles. The SMILES string of the molecule is CN1CCCC(N(C)C(=O)c2cccc(N)c2Cl)C1. The van der Waals surface area contributed by atoms with Gasteiger partial charge in [-0.2, -0.15) is 0 Å². The predicted molar refractivity (Wildman–Crippen MR) is 78.5 cm³/mol. The molecule has 0 aromatic heterocycles. The lowest BCUT2D eigenvalue weighted by atomic mass is 10.0. The minimum atomic E-state index is -0.0578. The molecule has 0 aliphatic carbocycles. The molecule has 1 atom stereocenters. The second-order valence-corrected chi connectivity index (χ2v) is 5.56. The molecule has 1 aliphatic rings. The first-order chi connectivity index (χ1) is 9.00. The largest absolute Gasteiger partial charge is 0.398 e. The summed E-state index contributed by atoms with van der Waals surface area (Å²) >= 11 is 6.12. The van der Waals surface area contributed by atoms with Gasteiger partial charge >= 0.3 is 0 Å². The van der Waals surface area contributed by atoms with Crippen LogP contribution in [0.2, 0.25) is 5.02 Å². The van der Waals surface area contributed by atoms with Crippen LogP contribution in [0.1, 0.15) is 23.2 Å². The average Bonchev–Trinajstić information content (AvgIpc) is 2.40. The van der Waals surface area contributed by atoms with Gasteiger partial charge in [0.25, 0.3) is 5.91 Å². The molecule has 1 amide bonds. The fraction of sp³-hybridized carbons (Fsp3) is 0.500. The molecule has 1 aromatic carbocycles. The van der Waals surface area contributed by atoms with Gasteiger partial charge in [0.1, 0.15) is 0 Å². The van der Waals surface area contributed by atoms with Crippen LogP contribution in [0.15, 0.2) is 18.2 Å². The van der Waals surface area contributed by atoms with E-state index in [1.165, 1.54) is 0 Å². The summed E-state index contributed by atoms with van der Waals surface area (Å²) in [5, 5.41) is 0.350. The topological polar surface area (TPSA) is 49.6 Å². The summed E-state index contributed by atoms with van der Waals surface area (Å²) in [6.45, 7) is 2.00. The molecule has 0 bridgehead atoms. The van der Waals surface area contributed by atoms with Crippen LogP contribution in [0.25, 0.3) is 0 Å². The lowest BCUT2D eigenvalue weighted by molar-refractivity contribution is 0.0644. The van der Waals surface area contributed by atoms with Crippen molar-refractivity contribution in [1.82, 2.24) is 9.80 Å². The zero-order valence-electron chi connectivity index (χ0n) is 11.4. The number of hydrogen-bond donors (Lipinski definition) is 1. The number of likely N-dealkylation sites (tertiary alicyclic amines) is 1. The second kappa shape index (κ2) is 5.80. The molecule has 2 N–H and O–H groups in total. The molecule has 0 radical (unpaired) electrons. The number of nitrogens with two attached hydrogens (primary N) is 1. The summed E-state index contributed by atoms with van der Waals surface area (Å²) in [5.41, 5.74) is 6.68. The minimum absolute atomic E-state index is 0.0578. The number of benzene rings is 1. The Balaban J connectivity index is 2.16. The monoisotopic (exact) mass is 281 g/mol. The maximum atomic E-state index is 12.5. The smallest absolute Gasteiger partial charge is 0.255 e. The summed E-state index contributed by atoms with van der Waals surface area (Å²) < 4.78 is 0. The number of amides is 1. The van der Waals surface area contributed by atoms with E-state index in [0.717, 1.165) is 25.9 Å². The van der Waals surface area contributed by atoms with E-state index < -0.39 is 0 Å². The highest BCUT2D eigenvalue weighted by Crippen LogP contribution is 2.25.